The van der Waals surface area contributed by atoms with E-state index >= 15 is 0 Å². The van der Waals surface area contributed by atoms with Gasteiger partial charge in [0.15, 0.2) is 5.69 Å². The molecule has 2 aromatic carbocycles. The van der Waals surface area contributed by atoms with Crippen LogP contribution in [0.15, 0.2) is 75.4 Å². The van der Waals surface area contributed by atoms with Crippen LogP contribution in [0.25, 0.3) is 22.2 Å². The largest absolute Gasteiger partial charge is 0.493 e. The van der Waals surface area contributed by atoms with Gasteiger partial charge in [-0.1, -0.05) is 52.3 Å². The molecular weight excluding hydrogens is 432 g/mol. The third-order valence-electron chi connectivity index (χ3n) is 4.76. The Labute approximate surface area is 175 Å². The number of azo groups is 1. The number of amides is 1. The van der Waals surface area contributed by atoms with Crippen molar-refractivity contribution in [3.05, 3.63) is 76.4 Å². The second-order valence-corrected chi connectivity index (χ2v) is 7.42. The Morgan fingerprint density at radius 1 is 1.07 bits per heavy atom. The molecule has 0 bridgehead atoms. The van der Waals surface area contributed by atoms with Crippen LogP contribution in [0.4, 0.5) is 5.69 Å². The highest BCUT2D eigenvalue weighted by molar-refractivity contribution is 9.10. The first kappa shape index (κ1) is 19.0. The van der Waals surface area contributed by atoms with Crippen molar-refractivity contribution in [1.29, 1.82) is 0 Å². The molecule has 4 aromatic rings. The fourth-order valence-corrected chi connectivity index (χ4v) is 3.70. The number of hydrogen-bond acceptors (Lipinski definition) is 4. The van der Waals surface area contributed by atoms with Crippen molar-refractivity contribution in [1.82, 2.24) is 9.55 Å². The van der Waals surface area contributed by atoms with Crippen LogP contribution in [0.1, 0.15) is 16.1 Å². The molecule has 1 amide bonds. The lowest BCUT2D eigenvalue weighted by molar-refractivity contribution is 0.0994. The molecule has 6 nitrogen and oxygen atoms in total. The molecule has 29 heavy (non-hydrogen) atoms. The zero-order valence-electron chi connectivity index (χ0n) is 15.8. The van der Waals surface area contributed by atoms with Gasteiger partial charge in [-0.3, -0.25) is 9.78 Å². The number of rotatable bonds is 3. The van der Waals surface area contributed by atoms with Crippen molar-refractivity contribution < 1.29 is 9.90 Å². The van der Waals surface area contributed by atoms with Crippen molar-refractivity contribution in [2.24, 2.45) is 17.3 Å². The number of hydrogen-bond donors (Lipinski definition) is 1. The van der Waals surface area contributed by atoms with E-state index in [2.05, 4.69) is 31.1 Å². The van der Waals surface area contributed by atoms with E-state index in [-0.39, 0.29) is 11.6 Å². The number of carbonyl (C=O) groups excluding carboxylic acids is 1. The SMILES string of the molecule is Cc1nc(-c2ccccc2Br)ccc1C(=O)N=Nc1c(O)n(C)c2ccccc12. The summed E-state index contributed by atoms with van der Waals surface area (Å²) in [5, 5.41) is 18.9. The van der Waals surface area contributed by atoms with Crippen LogP contribution in [0.5, 0.6) is 5.88 Å². The van der Waals surface area contributed by atoms with Gasteiger partial charge in [-0.15, -0.1) is 10.2 Å². The lowest BCUT2D eigenvalue weighted by Crippen LogP contribution is -2.01. The van der Waals surface area contributed by atoms with E-state index in [0.717, 1.165) is 26.6 Å². The minimum absolute atomic E-state index is 0.0399. The summed E-state index contributed by atoms with van der Waals surface area (Å²) in [7, 11) is 1.73. The van der Waals surface area contributed by atoms with Crippen molar-refractivity contribution in [3.63, 3.8) is 0 Å². The summed E-state index contributed by atoms with van der Waals surface area (Å²) in [5.74, 6) is -0.553. The van der Waals surface area contributed by atoms with Crippen molar-refractivity contribution >= 4 is 38.4 Å². The fourth-order valence-electron chi connectivity index (χ4n) is 3.21. The molecule has 0 atom stereocenters. The van der Waals surface area contributed by atoms with Crippen LogP contribution in [0.3, 0.4) is 0 Å². The van der Waals surface area contributed by atoms with Crippen LogP contribution >= 0.6 is 15.9 Å². The summed E-state index contributed by atoms with van der Waals surface area (Å²) in [6.45, 7) is 1.76. The van der Waals surface area contributed by atoms with Crippen LogP contribution in [0.2, 0.25) is 0 Å². The predicted octanol–water partition coefficient (Wildman–Crippen LogP) is 5.94. The number of carbonyl (C=O) groups is 1. The van der Waals surface area contributed by atoms with E-state index < -0.39 is 5.91 Å². The highest BCUT2D eigenvalue weighted by atomic mass is 79.9. The number of nitrogens with zero attached hydrogens (tertiary/aromatic N) is 4. The molecule has 144 valence electrons. The molecule has 0 aliphatic rings. The quantitative estimate of drug-likeness (QED) is 0.393. The minimum Gasteiger partial charge on any atom is -0.493 e. The third kappa shape index (κ3) is 3.45. The number of halogens is 1. The number of aryl methyl sites for hydroxylation is 2. The Kier molecular flexibility index (Phi) is 4.98. The first-order valence-electron chi connectivity index (χ1n) is 8.92. The van der Waals surface area contributed by atoms with E-state index in [1.807, 2.05) is 48.5 Å². The monoisotopic (exact) mass is 448 g/mol. The van der Waals surface area contributed by atoms with Crippen LogP contribution in [-0.2, 0) is 7.05 Å². The van der Waals surface area contributed by atoms with Crippen LogP contribution < -0.4 is 0 Å². The number of para-hydroxylation sites is 1. The highest BCUT2D eigenvalue weighted by Gasteiger charge is 2.16. The molecule has 0 saturated heterocycles. The summed E-state index contributed by atoms with van der Waals surface area (Å²) in [6, 6.07) is 18.6. The summed E-state index contributed by atoms with van der Waals surface area (Å²) in [6.07, 6.45) is 0. The molecule has 0 radical (unpaired) electrons. The molecule has 7 heteroatoms. The average Bonchev–Trinajstić information content (AvgIpc) is 2.97. The highest BCUT2D eigenvalue weighted by Crippen LogP contribution is 2.37. The molecule has 0 aliphatic carbocycles. The number of aromatic nitrogens is 2. The first-order chi connectivity index (χ1) is 14.0. The fraction of sp³-hybridized carbons (Fsp3) is 0.0909. The molecule has 0 aliphatic heterocycles. The van der Waals surface area contributed by atoms with E-state index in [0.29, 0.717) is 11.3 Å². The van der Waals surface area contributed by atoms with Gasteiger partial charge in [-0.05, 0) is 31.2 Å². The van der Waals surface area contributed by atoms with Gasteiger partial charge in [0, 0.05) is 22.5 Å². The van der Waals surface area contributed by atoms with E-state index in [1.165, 1.54) is 0 Å². The molecule has 2 heterocycles. The second kappa shape index (κ2) is 7.60. The summed E-state index contributed by atoms with van der Waals surface area (Å²) < 4.78 is 2.53. The normalized spacial score (nSPS) is 11.4. The zero-order valence-corrected chi connectivity index (χ0v) is 17.4. The molecular formula is C22H17BrN4O2. The maximum atomic E-state index is 12.6. The number of benzene rings is 2. The standard InChI is InChI=1S/C22H17BrN4O2/c1-13-14(11-12-18(24-13)15-7-3-5-9-17(15)23)21(28)26-25-20-16-8-4-6-10-19(16)27(2)22(20)29/h3-12,29H,1-2H3. The lowest BCUT2D eigenvalue weighted by atomic mass is 10.1. The Morgan fingerprint density at radius 3 is 2.55 bits per heavy atom. The number of aromatic hydroxyl groups is 1. The van der Waals surface area contributed by atoms with Gasteiger partial charge in [0.1, 0.15) is 0 Å². The Bertz CT molecular complexity index is 1280. The third-order valence-corrected chi connectivity index (χ3v) is 5.45. The Hall–Kier alpha value is -3.32. The topological polar surface area (TPSA) is 79.8 Å². The van der Waals surface area contributed by atoms with Gasteiger partial charge in [0.25, 0.3) is 5.91 Å². The van der Waals surface area contributed by atoms with Gasteiger partial charge >= 0.3 is 0 Å². The predicted molar refractivity (Wildman–Crippen MR) is 116 cm³/mol. The maximum absolute atomic E-state index is 12.6. The van der Waals surface area contributed by atoms with Gasteiger partial charge < -0.3 is 9.67 Å². The van der Waals surface area contributed by atoms with Crippen LogP contribution in [0, 0.1) is 6.92 Å². The molecule has 0 unspecified atom stereocenters. The molecule has 0 saturated carbocycles. The van der Waals surface area contributed by atoms with Gasteiger partial charge in [0.2, 0.25) is 5.88 Å². The summed E-state index contributed by atoms with van der Waals surface area (Å²) in [5.41, 5.74) is 3.70. The van der Waals surface area contributed by atoms with Gasteiger partial charge in [-0.2, -0.15) is 0 Å². The second-order valence-electron chi connectivity index (χ2n) is 6.56. The Morgan fingerprint density at radius 2 is 1.79 bits per heavy atom. The number of fused-ring (bicyclic) bond motifs is 1. The lowest BCUT2D eigenvalue weighted by Gasteiger charge is -2.06. The minimum atomic E-state index is -0.513. The number of pyridine rings is 1. The van der Waals surface area contributed by atoms with Crippen molar-refractivity contribution in [3.8, 4) is 17.1 Å². The molecule has 4 rings (SSSR count). The van der Waals surface area contributed by atoms with Crippen molar-refractivity contribution in [2.45, 2.75) is 6.92 Å². The molecule has 0 spiro atoms. The van der Waals surface area contributed by atoms with Crippen LogP contribution in [-0.4, -0.2) is 20.6 Å². The van der Waals surface area contributed by atoms with E-state index in [9.17, 15) is 9.90 Å². The summed E-state index contributed by atoms with van der Waals surface area (Å²) >= 11 is 3.52. The zero-order chi connectivity index (χ0) is 20.5. The average molecular weight is 449 g/mol. The first-order valence-corrected chi connectivity index (χ1v) is 9.71. The Balaban J connectivity index is 1.66. The molecule has 0 fully saturated rings. The van der Waals surface area contributed by atoms with Crippen molar-refractivity contribution in [2.75, 3.05) is 0 Å². The van der Waals surface area contributed by atoms with Gasteiger partial charge in [0.05, 0.1) is 22.5 Å². The molecule has 2 aromatic heterocycles. The van der Waals surface area contributed by atoms with E-state index in [1.54, 1.807) is 30.7 Å². The van der Waals surface area contributed by atoms with Gasteiger partial charge in [-0.25, -0.2) is 0 Å². The maximum Gasteiger partial charge on any atom is 0.297 e. The van der Waals surface area contributed by atoms with E-state index in [4.69, 9.17) is 0 Å². The molecule has 1 N–H and O–H groups in total. The smallest absolute Gasteiger partial charge is 0.297 e. The summed E-state index contributed by atoms with van der Waals surface area (Å²) in [4.78, 5) is 17.2.